The summed E-state index contributed by atoms with van der Waals surface area (Å²) in [6.07, 6.45) is 2.29. The molecule has 1 heterocycles. The van der Waals surface area contributed by atoms with Crippen LogP contribution in [0.1, 0.15) is 37.9 Å². The second kappa shape index (κ2) is 5.71. The molecule has 1 unspecified atom stereocenters. The first-order valence-corrected chi connectivity index (χ1v) is 5.40. The van der Waals surface area contributed by atoms with Gasteiger partial charge in [0.25, 0.3) is 0 Å². The Balaban J connectivity index is 2.71. The standard InChI is InChI=1S/C12H19NO2/c1-4-5-10(3)15-12-7-11(8-14)6-9(2)13-12/h6-7,10,14H,4-5,8H2,1-3H3. The van der Waals surface area contributed by atoms with Gasteiger partial charge in [0.1, 0.15) is 0 Å². The van der Waals surface area contributed by atoms with Crippen LogP contribution in [0.4, 0.5) is 0 Å². The molecule has 0 aliphatic heterocycles. The zero-order valence-electron chi connectivity index (χ0n) is 9.66. The molecule has 84 valence electrons. The first-order valence-electron chi connectivity index (χ1n) is 5.40. The number of aromatic nitrogens is 1. The van der Waals surface area contributed by atoms with Crippen molar-refractivity contribution in [3.63, 3.8) is 0 Å². The van der Waals surface area contributed by atoms with E-state index >= 15 is 0 Å². The number of aryl methyl sites for hydroxylation is 1. The van der Waals surface area contributed by atoms with Gasteiger partial charge in [-0.2, -0.15) is 0 Å². The van der Waals surface area contributed by atoms with E-state index in [2.05, 4.69) is 11.9 Å². The lowest BCUT2D eigenvalue weighted by Crippen LogP contribution is -2.12. The maximum Gasteiger partial charge on any atom is 0.214 e. The maximum atomic E-state index is 9.04. The van der Waals surface area contributed by atoms with Crippen molar-refractivity contribution in [1.82, 2.24) is 4.98 Å². The van der Waals surface area contributed by atoms with Gasteiger partial charge in [-0.25, -0.2) is 4.98 Å². The molecule has 0 saturated heterocycles. The van der Waals surface area contributed by atoms with Gasteiger partial charge in [0.2, 0.25) is 5.88 Å². The largest absolute Gasteiger partial charge is 0.475 e. The van der Waals surface area contributed by atoms with E-state index in [1.54, 1.807) is 6.07 Å². The first-order chi connectivity index (χ1) is 7.15. The SMILES string of the molecule is CCCC(C)Oc1cc(CO)cc(C)n1. The number of hydrogen-bond donors (Lipinski definition) is 1. The van der Waals surface area contributed by atoms with Crippen molar-refractivity contribution in [3.8, 4) is 5.88 Å². The third kappa shape index (κ3) is 3.88. The highest BCUT2D eigenvalue weighted by molar-refractivity contribution is 5.24. The van der Waals surface area contributed by atoms with Gasteiger partial charge in [-0.15, -0.1) is 0 Å². The Morgan fingerprint density at radius 3 is 2.80 bits per heavy atom. The quantitative estimate of drug-likeness (QED) is 0.810. The fraction of sp³-hybridized carbons (Fsp3) is 0.583. The first kappa shape index (κ1) is 12.0. The van der Waals surface area contributed by atoms with Crippen molar-refractivity contribution in [2.24, 2.45) is 0 Å². The van der Waals surface area contributed by atoms with Gasteiger partial charge in [-0.1, -0.05) is 13.3 Å². The van der Waals surface area contributed by atoms with Crippen LogP contribution in [-0.2, 0) is 6.61 Å². The smallest absolute Gasteiger partial charge is 0.214 e. The summed E-state index contributed by atoms with van der Waals surface area (Å²) >= 11 is 0. The minimum atomic E-state index is 0.0296. The van der Waals surface area contributed by atoms with E-state index < -0.39 is 0 Å². The molecule has 0 bridgehead atoms. The second-order valence-electron chi connectivity index (χ2n) is 3.83. The van der Waals surface area contributed by atoms with Crippen LogP contribution < -0.4 is 4.74 Å². The molecule has 1 aromatic heterocycles. The highest BCUT2D eigenvalue weighted by Gasteiger charge is 2.05. The van der Waals surface area contributed by atoms with E-state index in [9.17, 15) is 0 Å². The number of hydrogen-bond acceptors (Lipinski definition) is 3. The highest BCUT2D eigenvalue weighted by atomic mass is 16.5. The van der Waals surface area contributed by atoms with Crippen LogP contribution in [0.2, 0.25) is 0 Å². The summed E-state index contributed by atoms with van der Waals surface area (Å²) in [6.45, 7) is 6.09. The molecule has 15 heavy (non-hydrogen) atoms. The molecule has 0 fully saturated rings. The summed E-state index contributed by atoms with van der Waals surface area (Å²) in [7, 11) is 0. The summed E-state index contributed by atoms with van der Waals surface area (Å²) < 4.78 is 5.66. The van der Waals surface area contributed by atoms with Gasteiger partial charge in [0.15, 0.2) is 0 Å². The molecule has 0 radical (unpaired) electrons. The normalized spacial score (nSPS) is 12.5. The summed E-state index contributed by atoms with van der Waals surface area (Å²) in [4.78, 5) is 4.27. The molecule has 0 amide bonds. The summed E-state index contributed by atoms with van der Waals surface area (Å²) in [5.41, 5.74) is 1.72. The van der Waals surface area contributed by atoms with Crippen LogP contribution in [0, 0.1) is 6.92 Å². The van der Waals surface area contributed by atoms with Gasteiger partial charge >= 0.3 is 0 Å². The average Bonchev–Trinajstić information content (AvgIpc) is 2.17. The number of pyridine rings is 1. The van der Waals surface area contributed by atoms with Crippen LogP contribution in [0.15, 0.2) is 12.1 Å². The third-order valence-corrected chi connectivity index (χ3v) is 2.19. The second-order valence-corrected chi connectivity index (χ2v) is 3.83. The van der Waals surface area contributed by atoms with Crippen LogP contribution in [0.3, 0.4) is 0 Å². The Bertz CT molecular complexity index is 312. The zero-order valence-corrected chi connectivity index (χ0v) is 9.66. The van der Waals surface area contributed by atoms with Crippen molar-refractivity contribution in [2.45, 2.75) is 46.3 Å². The lowest BCUT2D eigenvalue weighted by atomic mass is 10.2. The Morgan fingerprint density at radius 1 is 1.47 bits per heavy atom. The molecule has 0 aliphatic carbocycles. The summed E-state index contributed by atoms with van der Waals surface area (Å²) in [6, 6.07) is 3.65. The minimum Gasteiger partial charge on any atom is -0.475 e. The van der Waals surface area contributed by atoms with Gasteiger partial charge in [0.05, 0.1) is 12.7 Å². The van der Waals surface area contributed by atoms with Crippen molar-refractivity contribution in [2.75, 3.05) is 0 Å². The predicted molar refractivity (Wildman–Crippen MR) is 59.9 cm³/mol. The highest BCUT2D eigenvalue weighted by Crippen LogP contribution is 2.15. The lowest BCUT2D eigenvalue weighted by molar-refractivity contribution is 0.200. The van der Waals surface area contributed by atoms with Crippen molar-refractivity contribution in [3.05, 3.63) is 23.4 Å². The number of aliphatic hydroxyl groups excluding tert-OH is 1. The molecule has 3 heteroatoms. The van der Waals surface area contributed by atoms with Gasteiger partial charge in [-0.3, -0.25) is 0 Å². The van der Waals surface area contributed by atoms with Crippen molar-refractivity contribution >= 4 is 0 Å². The van der Waals surface area contributed by atoms with Gasteiger partial charge in [-0.05, 0) is 31.9 Å². The van der Waals surface area contributed by atoms with Crippen molar-refractivity contribution < 1.29 is 9.84 Å². The van der Waals surface area contributed by atoms with E-state index in [1.165, 1.54) is 0 Å². The number of aliphatic hydroxyl groups is 1. The Hall–Kier alpha value is -1.09. The van der Waals surface area contributed by atoms with Crippen LogP contribution in [-0.4, -0.2) is 16.2 Å². The molecule has 1 atom stereocenters. The van der Waals surface area contributed by atoms with E-state index in [1.807, 2.05) is 19.9 Å². The molecule has 3 nitrogen and oxygen atoms in total. The van der Waals surface area contributed by atoms with Crippen LogP contribution in [0.25, 0.3) is 0 Å². The van der Waals surface area contributed by atoms with E-state index in [4.69, 9.17) is 9.84 Å². The number of rotatable bonds is 5. The number of nitrogens with zero attached hydrogens (tertiary/aromatic N) is 1. The molecule has 0 aliphatic rings. The zero-order chi connectivity index (χ0) is 11.3. The Labute approximate surface area is 91.1 Å². The molecule has 1 aromatic rings. The molecule has 0 saturated carbocycles. The van der Waals surface area contributed by atoms with Crippen molar-refractivity contribution in [1.29, 1.82) is 0 Å². The predicted octanol–water partition coefficient (Wildman–Crippen LogP) is 2.45. The molecular formula is C12H19NO2. The topological polar surface area (TPSA) is 42.4 Å². The fourth-order valence-electron chi connectivity index (χ4n) is 1.53. The van der Waals surface area contributed by atoms with E-state index in [0.29, 0.717) is 5.88 Å². The van der Waals surface area contributed by atoms with Crippen LogP contribution in [0.5, 0.6) is 5.88 Å². The minimum absolute atomic E-state index is 0.0296. The van der Waals surface area contributed by atoms with Crippen LogP contribution >= 0.6 is 0 Å². The molecule has 0 spiro atoms. The number of ether oxygens (including phenoxy) is 1. The van der Waals surface area contributed by atoms with E-state index in [0.717, 1.165) is 24.1 Å². The Morgan fingerprint density at radius 2 is 2.20 bits per heavy atom. The maximum absolute atomic E-state index is 9.04. The third-order valence-electron chi connectivity index (χ3n) is 2.19. The van der Waals surface area contributed by atoms with E-state index in [-0.39, 0.29) is 12.7 Å². The molecular weight excluding hydrogens is 190 g/mol. The lowest BCUT2D eigenvalue weighted by Gasteiger charge is -2.13. The summed E-state index contributed by atoms with van der Waals surface area (Å²) in [5.74, 6) is 0.611. The fourth-order valence-corrected chi connectivity index (χ4v) is 1.53. The molecule has 1 N–H and O–H groups in total. The Kier molecular flexibility index (Phi) is 4.56. The monoisotopic (exact) mass is 209 g/mol. The average molecular weight is 209 g/mol. The molecule has 1 rings (SSSR count). The van der Waals surface area contributed by atoms with Gasteiger partial charge < -0.3 is 9.84 Å². The van der Waals surface area contributed by atoms with Gasteiger partial charge in [0, 0.05) is 11.8 Å². The molecule has 0 aromatic carbocycles. The summed E-state index contributed by atoms with van der Waals surface area (Å²) in [5, 5.41) is 9.04.